The molecule has 0 radical (unpaired) electrons. The summed E-state index contributed by atoms with van der Waals surface area (Å²) in [6.07, 6.45) is 5.94. The van der Waals surface area contributed by atoms with Crippen molar-refractivity contribution in [1.82, 2.24) is 19.7 Å². The van der Waals surface area contributed by atoms with Crippen LogP contribution in [-0.2, 0) is 17.9 Å². The summed E-state index contributed by atoms with van der Waals surface area (Å²) in [6, 6.07) is 18.3. The van der Waals surface area contributed by atoms with E-state index in [1.54, 1.807) is 12.0 Å². The van der Waals surface area contributed by atoms with E-state index in [0.717, 1.165) is 40.8 Å². The lowest BCUT2D eigenvalue weighted by Gasteiger charge is -2.27. The number of hydrogen-bond acceptors (Lipinski definition) is 6. The van der Waals surface area contributed by atoms with Crippen LogP contribution in [0.15, 0.2) is 59.8 Å². The quantitative estimate of drug-likeness (QED) is 0.374. The van der Waals surface area contributed by atoms with Crippen molar-refractivity contribution in [2.24, 2.45) is 0 Å². The molecule has 0 spiro atoms. The Morgan fingerprint density at radius 1 is 1.14 bits per heavy atom. The Hall–Kier alpha value is -3.00. The van der Waals surface area contributed by atoms with Gasteiger partial charge in [-0.3, -0.25) is 4.79 Å². The molecule has 3 aromatic rings. The highest BCUT2D eigenvalue weighted by Gasteiger charge is 2.27. The van der Waals surface area contributed by atoms with Crippen molar-refractivity contribution in [2.45, 2.75) is 68.6 Å². The Kier molecular flexibility index (Phi) is 8.69. The molecule has 35 heavy (non-hydrogen) atoms. The number of methoxy groups -OCH3 is 1. The number of nitrogens with zero attached hydrogens (tertiary/aromatic N) is 4. The van der Waals surface area contributed by atoms with Gasteiger partial charge in [-0.1, -0.05) is 67.4 Å². The second-order valence-electron chi connectivity index (χ2n) is 9.09. The van der Waals surface area contributed by atoms with Crippen LogP contribution in [0, 0.1) is 0 Å². The van der Waals surface area contributed by atoms with Gasteiger partial charge in [0.1, 0.15) is 5.75 Å². The topological polar surface area (TPSA) is 72.3 Å². The van der Waals surface area contributed by atoms with Crippen LogP contribution in [0.4, 0.5) is 5.69 Å². The van der Waals surface area contributed by atoms with Gasteiger partial charge < -0.3 is 19.5 Å². The molecule has 1 unspecified atom stereocenters. The van der Waals surface area contributed by atoms with Gasteiger partial charge in [0.05, 0.1) is 18.9 Å². The number of thioether (sulfide) groups is 1. The molecule has 0 saturated heterocycles. The maximum atomic E-state index is 13.1. The normalized spacial score (nSPS) is 14.9. The predicted octanol–water partition coefficient (Wildman–Crippen LogP) is 5.54. The van der Waals surface area contributed by atoms with Gasteiger partial charge in [0.2, 0.25) is 5.91 Å². The molecule has 1 heterocycles. The molecule has 1 atom stereocenters. The standard InChI is InChI=1S/C27H35N5O2S/c1-20(26(33)31(2)19-21-11-6-4-7-12-21)35-27-30-29-25(32(27)23-14-8-5-9-15-23)18-28-22-13-10-16-24(17-22)34-3/h4,6-7,10-13,16-17,20,23,28H,5,8-9,14-15,18-19H2,1-3H3. The van der Waals surface area contributed by atoms with E-state index < -0.39 is 0 Å². The van der Waals surface area contributed by atoms with Crippen molar-refractivity contribution >= 4 is 23.4 Å². The monoisotopic (exact) mass is 493 g/mol. The minimum atomic E-state index is -0.255. The number of ether oxygens (including phenoxy) is 1. The molecule has 8 heteroatoms. The van der Waals surface area contributed by atoms with Crippen LogP contribution in [0.1, 0.15) is 56.5 Å². The number of benzene rings is 2. The smallest absolute Gasteiger partial charge is 0.235 e. The SMILES string of the molecule is COc1cccc(NCc2nnc(SC(C)C(=O)N(C)Cc3ccccc3)n2C2CCCCC2)c1. The van der Waals surface area contributed by atoms with Gasteiger partial charge in [-0.2, -0.15) is 0 Å². The first kappa shape index (κ1) is 25.1. The average Bonchev–Trinajstić information content (AvgIpc) is 3.30. The van der Waals surface area contributed by atoms with Crippen molar-refractivity contribution in [1.29, 1.82) is 0 Å². The second-order valence-corrected chi connectivity index (χ2v) is 10.4. The van der Waals surface area contributed by atoms with E-state index in [-0.39, 0.29) is 11.2 Å². The van der Waals surface area contributed by atoms with Crippen LogP contribution in [0.25, 0.3) is 0 Å². The number of hydrogen-bond donors (Lipinski definition) is 1. The first-order chi connectivity index (χ1) is 17.0. The summed E-state index contributed by atoms with van der Waals surface area (Å²) in [5, 5.41) is 13.1. The summed E-state index contributed by atoms with van der Waals surface area (Å²) in [6.45, 7) is 3.12. The molecule has 1 saturated carbocycles. The number of rotatable bonds is 10. The van der Waals surface area contributed by atoms with Gasteiger partial charge >= 0.3 is 0 Å². The number of nitrogens with one attached hydrogen (secondary N) is 1. The van der Waals surface area contributed by atoms with Crippen molar-refractivity contribution in [3.8, 4) is 5.75 Å². The van der Waals surface area contributed by atoms with Crippen LogP contribution < -0.4 is 10.1 Å². The summed E-state index contributed by atoms with van der Waals surface area (Å²) in [4.78, 5) is 14.9. The van der Waals surface area contributed by atoms with Gasteiger partial charge in [-0.05, 0) is 37.5 Å². The third-order valence-electron chi connectivity index (χ3n) is 6.46. The lowest BCUT2D eigenvalue weighted by Crippen LogP contribution is -2.33. The third-order valence-corrected chi connectivity index (χ3v) is 7.51. The molecule has 1 fully saturated rings. The zero-order chi connectivity index (χ0) is 24.6. The minimum absolute atomic E-state index is 0.0908. The first-order valence-corrected chi connectivity index (χ1v) is 13.2. The Morgan fingerprint density at radius 3 is 2.66 bits per heavy atom. The Balaban J connectivity index is 1.48. The lowest BCUT2D eigenvalue weighted by molar-refractivity contribution is -0.129. The van der Waals surface area contributed by atoms with E-state index in [9.17, 15) is 4.79 Å². The summed E-state index contributed by atoms with van der Waals surface area (Å²) >= 11 is 1.51. The largest absolute Gasteiger partial charge is 0.497 e. The highest BCUT2D eigenvalue weighted by Crippen LogP contribution is 2.34. The van der Waals surface area contributed by atoms with Crippen LogP contribution >= 0.6 is 11.8 Å². The maximum absolute atomic E-state index is 13.1. The summed E-state index contributed by atoms with van der Waals surface area (Å²) < 4.78 is 7.62. The van der Waals surface area contributed by atoms with Gasteiger partial charge in [0, 0.05) is 31.4 Å². The number of carbonyl (C=O) groups is 1. The summed E-state index contributed by atoms with van der Waals surface area (Å²) in [7, 11) is 3.53. The van der Waals surface area contributed by atoms with E-state index in [0.29, 0.717) is 19.1 Å². The van der Waals surface area contributed by atoms with E-state index >= 15 is 0 Å². The van der Waals surface area contributed by atoms with Crippen LogP contribution in [-0.4, -0.2) is 45.0 Å². The van der Waals surface area contributed by atoms with Crippen molar-refractivity contribution < 1.29 is 9.53 Å². The molecule has 1 aliphatic carbocycles. The fourth-order valence-corrected chi connectivity index (χ4v) is 5.64. The van der Waals surface area contributed by atoms with Crippen LogP contribution in [0.3, 0.4) is 0 Å². The Bertz CT molecular complexity index is 1100. The molecular formula is C27H35N5O2S. The van der Waals surface area contributed by atoms with Gasteiger partial charge in [-0.15, -0.1) is 10.2 Å². The molecule has 186 valence electrons. The molecule has 0 bridgehead atoms. The van der Waals surface area contributed by atoms with Crippen molar-refractivity contribution in [3.63, 3.8) is 0 Å². The fraction of sp³-hybridized carbons (Fsp3) is 0.444. The summed E-state index contributed by atoms with van der Waals surface area (Å²) in [5.74, 6) is 1.81. The van der Waals surface area contributed by atoms with Crippen molar-refractivity contribution in [3.05, 3.63) is 66.0 Å². The van der Waals surface area contributed by atoms with E-state index in [2.05, 4.69) is 20.1 Å². The van der Waals surface area contributed by atoms with E-state index in [1.165, 1.54) is 31.0 Å². The number of aromatic nitrogens is 3. The van der Waals surface area contributed by atoms with Crippen LogP contribution in [0.2, 0.25) is 0 Å². The molecule has 1 N–H and O–H groups in total. The predicted molar refractivity (Wildman–Crippen MR) is 141 cm³/mol. The lowest BCUT2D eigenvalue weighted by atomic mass is 9.95. The molecule has 1 amide bonds. The Labute approximate surface area is 212 Å². The fourth-order valence-electron chi connectivity index (χ4n) is 4.58. The number of carbonyl (C=O) groups excluding carboxylic acids is 1. The Morgan fingerprint density at radius 2 is 1.91 bits per heavy atom. The van der Waals surface area contributed by atoms with Gasteiger partial charge in [0.15, 0.2) is 11.0 Å². The van der Waals surface area contributed by atoms with Gasteiger partial charge in [0.25, 0.3) is 0 Å². The number of anilines is 1. The molecule has 2 aromatic carbocycles. The summed E-state index contributed by atoms with van der Waals surface area (Å²) in [5.41, 5.74) is 2.10. The first-order valence-electron chi connectivity index (χ1n) is 12.3. The van der Waals surface area contributed by atoms with Gasteiger partial charge in [-0.25, -0.2) is 0 Å². The molecule has 7 nitrogen and oxygen atoms in total. The minimum Gasteiger partial charge on any atom is -0.497 e. The van der Waals surface area contributed by atoms with E-state index in [4.69, 9.17) is 4.74 Å². The second kappa shape index (κ2) is 12.1. The highest BCUT2D eigenvalue weighted by atomic mass is 32.2. The molecule has 4 rings (SSSR count). The average molecular weight is 494 g/mol. The van der Waals surface area contributed by atoms with Crippen LogP contribution in [0.5, 0.6) is 5.75 Å². The molecule has 0 aliphatic heterocycles. The molecule has 1 aromatic heterocycles. The van der Waals surface area contributed by atoms with E-state index in [1.807, 2.05) is 68.6 Å². The maximum Gasteiger partial charge on any atom is 0.235 e. The zero-order valence-corrected chi connectivity index (χ0v) is 21.6. The third kappa shape index (κ3) is 6.57. The molecular weight excluding hydrogens is 458 g/mol. The van der Waals surface area contributed by atoms with Crippen molar-refractivity contribution in [2.75, 3.05) is 19.5 Å². The highest BCUT2D eigenvalue weighted by molar-refractivity contribution is 8.00. The zero-order valence-electron chi connectivity index (χ0n) is 20.8. The molecule has 1 aliphatic rings. The number of amides is 1.